The highest BCUT2D eigenvalue weighted by Gasteiger charge is 2.61. The molecular weight excluding hydrogens is 256 g/mol. The van der Waals surface area contributed by atoms with Crippen molar-refractivity contribution >= 4 is 17.3 Å². The summed E-state index contributed by atoms with van der Waals surface area (Å²) in [6.45, 7) is 1.46. The first-order chi connectivity index (χ1) is 8.55. The third-order valence-electron chi connectivity index (χ3n) is 3.99. The van der Waals surface area contributed by atoms with Gasteiger partial charge in [0, 0.05) is 24.6 Å². The molecular formula is C12H13F2N3S. The summed E-state index contributed by atoms with van der Waals surface area (Å²) in [5, 5.41) is 0.485. The van der Waals surface area contributed by atoms with Gasteiger partial charge >= 0.3 is 0 Å². The van der Waals surface area contributed by atoms with Crippen molar-refractivity contribution in [3.05, 3.63) is 35.4 Å². The van der Waals surface area contributed by atoms with E-state index in [0.717, 1.165) is 24.6 Å². The van der Waals surface area contributed by atoms with E-state index in [4.69, 9.17) is 18.1 Å². The number of nitrogens with two attached hydrogens (primary N) is 1. The topological polar surface area (TPSA) is 41.3 Å². The zero-order chi connectivity index (χ0) is 12.9. The van der Waals surface area contributed by atoms with Crippen molar-refractivity contribution < 1.29 is 8.78 Å². The van der Waals surface area contributed by atoms with E-state index in [1.807, 2.05) is 4.90 Å². The van der Waals surface area contributed by atoms with Gasteiger partial charge in [-0.15, -0.1) is 0 Å². The standard InChI is InChI=1S/C12H13F2N3S/c13-9-1-7(2-10(14)3-9)12-4-8(12)5-17(6-12)11(18)16-15/h1-3,8H,4-6,15H2,(H,16,18). The van der Waals surface area contributed by atoms with E-state index >= 15 is 0 Å². The first-order valence-electron chi connectivity index (χ1n) is 5.77. The van der Waals surface area contributed by atoms with Crippen molar-refractivity contribution in [2.75, 3.05) is 13.1 Å². The molecule has 1 aliphatic heterocycles. The number of hydrogen-bond donors (Lipinski definition) is 2. The van der Waals surface area contributed by atoms with Crippen LogP contribution in [0.25, 0.3) is 0 Å². The fourth-order valence-electron chi connectivity index (χ4n) is 3.02. The number of hydrazine groups is 1. The summed E-state index contributed by atoms with van der Waals surface area (Å²) in [6.07, 6.45) is 0.958. The van der Waals surface area contributed by atoms with Crippen LogP contribution in [-0.4, -0.2) is 23.1 Å². The molecule has 96 valence electrons. The molecule has 1 aromatic rings. The minimum atomic E-state index is -0.525. The van der Waals surface area contributed by atoms with E-state index in [-0.39, 0.29) is 5.41 Å². The van der Waals surface area contributed by atoms with Crippen LogP contribution < -0.4 is 11.3 Å². The van der Waals surface area contributed by atoms with E-state index in [1.54, 1.807) is 0 Å². The number of nitrogens with one attached hydrogen (secondary N) is 1. The lowest BCUT2D eigenvalue weighted by molar-refractivity contribution is 0.439. The Labute approximate surface area is 109 Å². The highest BCUT2D eigenvalue weighted by Crippen LogP contribution is 2.59. The van der Waals surface area contributed by atoms with Crippen LogP contribution in [0.5, 0.6) is 0 Å². The van der Waals surface area contributed by atoms with Crippen LogP contribution in [0.4, 0.5) is 8.78 Å². The Kier molecular flexibility index (Phi) is 2.53. The molecule has 1 aromatic carbocycles. The molecule has 2 aliphatic rings. The summed E-state index contributed by atoms with van der Waals surface area (Å²) in [4.78, 5) is 1.95. The van der Waals surface area contributed by atoms with Gasteiger partial charge in [0.2, 0.25) is 0 Å². The van der Waals surface area contributed by atoms with Gasteiger partial charge in [-0.1, -0.05) is 0 Å². The average Bonchev–Trinajstić information content (AvgIpc) is 2.90. The van der Waals surface area contributed by atoms with Crippen LogP contribution >= 0.6 is 12.2 Å². The number of rotatable bonds is 1. The van der Waals surface area contributed by atoms with Gasteiger partial charge in [-0.25, -0.2) is 14.6 Å². The Hall–Kier alpha value is -1.27. The molecule has 3 nitrogen and oxygen atoms in total. The third kappa shape index (κ3) is 1.67. The van der Waals surface area contributed by atoms with Gasteiger partial charge in [-0.3, -0.25) is 0 Å². The maximum atomic E-state index is 13.3. The number of likely N-dealkylation sites (tertiary alicyclic amines) is 1. The summed E-state index contributed by atoms with van der Waals surface area (Å²) in [5.74, 6) is 4.65. The van der Waals surface area contributed by atoms with Crippen molar-refractivity contribution in [1.29, 1.82) is 0 Å². The molecule has 2 atom stereocenters. The SMILES string of the molecule is NNC(=S)N1CC2CC2(c2cc(F)cc(F)c2)C1. The van der Waals surface area contributed by atoms with Crippen molar-refractivity contribution in [1.82, 2.24) is 10.3 Å². The zero-order valence-electron chi connectivity index (χ0n) is 9.62. The molecule has 1 saturated carbocycles. The van der Waals surface area contributed by atoms with Gasteiger partial charge in [0.05, 0.1) is 0 Å². The van der Waals surface area contributed by atoms with Crippen LogP contribution in [0.1, 0.15) is 12.0 Å². The minimum absolute atomic E-state index is 0.149. The quantitative estimate of drug-likeness (QED) is 0.458. The second kappa shape index (κ2) is 3.86. The second-order valence-corrected chi connectivity index (χ2v) is 5.43. The van der Waals surface area contributed by atoms with E-state index in [2.05, 4.69) is 5.43 Å². The molecule has 1 aliphatic carbocycles. The molecule has 0 radical (unpaired) electrons. The minimum Gasteiger partial charge on any atom is -0.347 e. The molecule has 18 heavy (non-hydrogen) atoms. The number of fused-ring (bicyclic) bond motifs is 1. The van der Waals surface area contributed by atoms with Crippen molar-refractivity contribution in [2.45, 2.75) is 11.8 Å². The third-order valence-corrected chi connectivity index (χ3v) is 4.37. The molecule has 3 rings (SSSR count). The fourth-order valence-corrected chi connectivity index (χ4v) is 3.16. The second-order valence-electron chi connectivity index (χ2n) is 5.05. The maximum absolute atomic E-state index is 13.3. The average molecular weight is 269 g/mol. The lowest BCUT2D eigenvalue weighted by atomic mass is 9.95. The first-order valence-corrected chi connectivity index (χ1v) is 6.18. The lowest BCUT2D eigenvalue weighted by Gasteiger charge is -2.23. The van der Waals surface area contributed by atoms with E-state index in [1.165, 1.54) is 12.1 Å². The zero-order valence-corrected chi connectivity index (χ0v) is 10.4. The number of thiocarbonyl (C=S) groups is 1. The molecule has 0 amide bonds. The van der Waals surface area contributed by atoms with E-state index in [0.29, 0.717) is 17.6 Å². The largest absolute Gasteiger partial charge is 0.347 e. The number of nitrogens with zero attached hydrogens (tertiary/aromatic N) is 1. The Bertz CT molecular complexity index is 502. The van der Waals surface area contributed by atoms with Gasteiger partial charge < -0.3 is 10.3 Å². The summed E-state index contributed by atoms with van der Waals surface area (Å²) < 4.78 is 26.6. The smallest absolute Gasteiger partial charge is 0.183 e. The first kappa shape index (κ1) is 11.8. The summed E-state index contributed by atoms with van der Waals surface area (Å²) in [5.41, 5.74) is 3.03. The van der Waals surface area contributed by atoms with Crippen LogP contribution in [0.2, 0.25) is 0 Å². The Balaban J connectivity index is 1.88. The van der Waals surface area contributed by atoms with Gasteiger partial charge in [-0.2, -0.15) is 0 Å². The molecule has 2 fully saturated rings. The summed E-state index contributed by atoms with van der Waals surface area (Å²) in [7, 11) is 0. The Morgan fingerprint density at radius 1 is 1.39 bits per heavy atom. The molecule has 3 N–H and O–H groups in total. The van der Waals surface area contributed by atoms with Gasteiger partial charge in [0.1, 0.15) is 11.6 Å². The van der Waals surface area contributed by atoms with Gasteiger partial charge in [0.25, 0.3) is 0 Å². The molecule has 0 spiro atoms. The normalized spacial score (nSPS) is 29.1. The van der Waals surface area contributed by atoms with Crippen molar-refractivity contribution in [3.63, 3.8) is 0 Å². The molecule has 1 heterocycles. The molecule has 0 bridgehead atoms. The monoisotopic (exact) mass is 269 g/mol. The molecule has 2 unspecified atom stereocenters. The van der Waals surface area contributed by atoms with Crippen molar-refractivity contribution in [2.24, 2.45) is 11.8 Å². The van der Waals surface area contributed by atoms with Crippen molar-refractivity contribution in [3.8, 4) is 0 Å². The maximum Gasteiger partial charge on any atom is 0.183 e. The predicted molar refractivity (Wildman–Crippen MR) is 67.6 cm³/mol. The van der Waals surface area contributed by atoms with E-state index in [9.17, 15) is 8.78 Å². The van der Waals surface area contributed by atoms with Gasteiger partial charge in [-0.05, 0) is 42.3 Å². The highest BCUT2D eigenvalue weighted by molar-refractivity contribution is 7.80. The van der Waals surface area contributed by atoms with Crippen LogP contribution in [0.15, 0.2) is 18.2 Å². The van der Waals surface area contributed by atoms with Crippen LogP contribution in [0.3, 0.4) is 0 Å². The fraction of sp³-hybridized carbons (Fsp3) is 0.417. The number of piperidine rings is 1. The Morgan fingerprint density at radius 2 is 2.06 bits per heavy atom. The summed E-state index contributed by atoms with van der Waals surface area (Å²) >= 11 is 5.08. The summed E-state index contributed by atoms with van der Waals surface area (Å²) in [6, 6.07) is 3.74. The molecule has 0 aromatic heterocycles. The Morgan fingerprint density at radius 3 is 2.67 bits per heavy atom. The van der Waals surface area contributed by atoms with Gasteiger partial charge in [0.15, 0.2) is 5.11 Å². The predicted octanol–water partition coefficient (Wildman–Crippen LogP) is 1.29. The van der Waals surface area contributed by atoms with Crippen LogP contribution in [0, 0.1) is 17.6 Å². The molecule has 6 heteroatoms. The van der Waals surface area contributed by atoms with Crippen LogP contribution in [-0.2, 0) is 5.41 Å². The molecule has 1 saturated heterocycles. The number of hydrogen-bond acceptors (Lipinski definition) is 2. The highest BCUT2D eigenvalue weighted by atomic mass is 32.1. The van der Waals surface area contributed by atoms with E-state index < -0.39 is 11.6 Å². The number of benzene rings is 1. The number of halogens is 2. The lowest BCUT2D eigenvalue weighted by Crippen LogP contribution is -2.43.